The summed E-state index contributed by atoms with van der Waals surface area (Å²) in [6, 6.07) is 16.9. The van der Waals surface area contributed by atoms with Crippen LogP contribution in [0.15, 0.2) is 74.9 Å². The number of furan rings is 2. The Labute approximate surface area is 177 Å². The van der Waals surface area contributed by atoms with E-state index in [1.54, 1.807) is 35.6 Å². The van der Waals surface area contributed by atoms with Crippen molar-refractivity contribution in [1.82, 2.24) is 14.9 Å². The molecule has 0 aliphatic heterocycles. The number of para-hydroxylation sites is 1. The van der Waals surface area contributed by atoms with Crippen LogP contribution in [0, 0.1) is 11.3 Å². The van der Waals surface area contributed by atoms with Crippen molar-refractivity contribution >= 4 is 28.6 Å². The van der Waals surface area contributed by atoms with E-state index in [1.807, 2.05) is 30.3 Å². The molecule has 0 saturated carbocycles. The number of thioether (sulfide) groups is 1. The number of fused-ring (bicyclic) bond motifs is 1. The van der Waals surface area contributed by atoms with E-state index in [9.17, 15) is 4.79 Å². The number of carbonyl (C=O) groups excluding carboxylic acids is 1. The van der Waals surface area contributed by atoms with Gasteiger partial charge in [-0.05, 0) is 30.3 Å². The molecular formula is C22H18N4O3S. The van der Waals surface area contributed by atoms with Gasteiger partial charge in [-0.2, -0.15) is 5.26 Å². The third-order valence-electron chi connectivity index (χ3n) is 4.42. The lowest BCUT2D eigenvalue weighted by atomic mass is 10.2. The average molecular weight is 418 g/mol. The van der Waals surface area contributed by atoms with Crippen molar-refractivity contribution in [1.29, 1.82) is 5.26 Å². The quantitative estimate of drug-likeness (QED) is 0.307. The normalized spacial score (nSPS) is 10.8. The fraction of sp³-hybridized carbons (Fsp3) is 0.182. The molecule has 0 bridgehead atoms. The molecule has 4 rings (SSSR count). The Morgan fingerprint density at radius 3 is 2.67 bits per heavy atom. The summed E-state index contributed by atoms with van der Waals surface area (Å²) in [7, 11) is 0. The van der Waals surface area contributed by atoms with Gasteiger partial charge in [-0.1, -0.05) is 30.0 Å². The van der Waals surface area contributed by atoms with Gasteiger partial charge in [-0.25, -0.2) is 9.97 Å². The number of aromatic nitrogens is 2. The Kier molecular flexibility index (Phi) is 6.11. The molecule has 0 atom stereocenters. The van der Waals surface area contributed by atoms with Gasteiger partial charge < -0.3 is 13.7 Å². The molecule has 0 fully saturated rings. The van der Waals surface area contributed by atoms with Gasteiger partial charge in [0.15, 0.2) is 11.6 Å². The highest BCUT2D eigenvalue weighted by atomic mass is 32.2. The summed E-state index contributed by atoms with van der Waals surface area (Å²) >= 11 is 1.35. The topological polar surface area (TPSA) is 96.2 Å². The number of hydrogen-bond acceptors (Lipinski definition) is 7. The average Bonchev–Trinajstić information content (AvgIpc) is 3.49. The second kappa shape index (κ2) is 9.29. The maximum absolute atomic E-state index is 12.9. The molecule has 8 heteroatoms. The molecule has 0 radical (unpaired) electrons. The Hall–Kier alpha value is -3.57. The number of carbonyl (C=O) groups is 1. The molecule has 7 nitrogen and oxygen atoms in total. The summed E-state index contributed by atoms with van der Waals surface area (Å²) in [5, 5.41) is 10.5. The summed E-state index contributed by atoms with van der Waals surface area (Å²) in [6.45, 7) is 0.676. The summed E-state index contributed by atoms with van der Waals surface area (Å²) in [4.78, 5) is 23.7. The minimum Gasteiger partial charge on any atom is -0.467 e. The smallest absolute Gasteiger partial charge is 0.233 e. The molecule has 3 aromatic heterocycles. The number of amides is 1. The zero-order valence-electron chi connectivity index (χ0n) is 16.0. The van der Waals surface area contributed by atoms with Crippen molar-refractivity contribution in [3.63, 3.8) is 0 Å². The van der Waals surface area contributed by atoms with Gasteiger partial charge in [0, 0.05) is 11.9 Å². The minimum atomic E-state index is -0.0890. The molecule has 150 valence electrons. The molecule has 30 heavy (non-hydrogen) atoms. The molecule has 0 aliphatic carbocycles. The monoisotopic (exact) mass is 418 g/mol. The lowest BCUT2D eigenvalue weighted by Gasteiger charge is -2.20. The predicted octanol–water partition coefficient (Wildman–Crippen LogP) is 4.52. The van der Waals surface area contributed by atoms with Gasteiger partial charge in [-0.15, -0.1) is 0 Å². The van der Waals surface area contributed by atoms with Crippen LogP contribution in [0.3, 0.4) is 0 Å². The standard InChI is InChI=1S/C22H18N4O3S/c23-10-5-11-26(14-16-6-3-12-28-16)20(27)15-30-22-17-7-1-2-8-18(17)24-21(25-22)19-9-4-13-29-19/h1-4,6-9,12-13H,5,11,14-15H2. The fourth-order valence-corrected chi connectivity index (χ4v) is 3.88. The predicted molar refractivity (Wildman–Crippen MR) is 112 cm³/mol. The maximum Gasteiger partial charge on any atom is 0.233 e. The van der Waals surface area contributed by atoms with E-state index in [0.29, 0.717) is 35.5 Å². The van der Waals surface area contributed by atoms with Crippen molar-refractivity contribution in [2.75, 3.05) is 12.3 Å². The van der Waals surface area contributed by atoms with E-state index in [2.05, 4.69) is 16.0 Å². The first-order valence-electron chi connectivity index (χ1n) is 9.35. The molecule has 0 spiro atoms. The number of nitrogens with zero attached hydrogens (tertiary/aromatic N) is 4. The van der Waals surface area contributed by atoms with Gasteiger partial charge in [0.05, 0.1) is 42.8 Å². The minimum absolute atomic E-state index is 0.0890. The second-order valence-corrected chi connectivity index (χ2v) is 7.40. The van der Waals surface area contributed by atoms with Crippen LogP contribution in [0.2, 0.25) is 0 Å². The van der Waals surface area contributed by atoms with Crippen LogP contribution in [0.1, 0.15) is 12.2 Å². The fourth-order valence-electron chi connectivity index (χ4n) is 2.96. The molecule has 0 aliphatic rings. The lowest BCUT2D eigenvalue weighted by molar-refractivity contribution is -0.129. The van der Waals surface area contributed by atoms with E-state index in [0.717, 1.165) is 10.9 Å². The van der Waals surface area contributed by atoms with Gasteiger partial charge in [0.1, 0.15) is 10.8 Å². The van der Waals surface area contributed by atoms with E-state index >= 15 is 0 Å². The summed E-state index contributed by atoms with van der Waals surface area (Å²) in [5.74, 6) is 1.82. The van der Waals surface area contributed by atoms with Crippen LogP contribution in [0.5, 0.6) is 0 Å². The third-order valence-corrected chi connectivity index (χ3v) is 5.39. The first-order chi connectivity index (χ1) is 14.7. The van der Waals surface area contributed by atoms with E-state index in [4.69, 9.17) is 14.1 Å². The van der Waals surface area contributed by atoms with E-state index < -0.39 is 0 Å². The maximum atomic E-state index is 12.9. The zero-order chi connectivity index (χ0) is 20.8. The van der Waals surface area contributed by atoms with Gasteiger partial charge in [-0.3, -0.25) is 4.79 Å². The second-order valence-electron chi connectivity index (χ2n) is 6.44. The molecule has 1 aromatic carbocycles. The highest BCUT2D eigenvalue weighted by Crippen LogP contribution is 2.28. The number of nitriles is 1. The zero-order valence-corrected chi connectivity index (χ0v) is 16.8. The van der Waals surface area contributed by atoms with Crippen LogP contribution in [0.25, 0.3) is 22.5 Å². The van der Waals surface area contributed by atoms with Crippen LogP contribution in [0.4, 0.5) is 0 Å². The highest BCUT2D eigenvalue weighted by Gasteiger charge is 2.18. The Balaban J connectivity index is 1.55. The lowest BCUT2D eigenvalue weighted by Crippen LogP contribution is -2.32. The number of rotatable bonds is 8. The Bertz CT molecular complexity index is 1170. The first-order valence-corrected chi connectivity index (χ1v) is 10.3. The summed E-state index contributed by atoms with van der Waals surface area (Å²) in [6.07, 6.45) is 3.41. The van der Waals surface area contributed by atoms with Crippen molar-refractivity contribution < 1.29 is 13.6 Å². The Morgan fingerprint density at radius 1 is 1.07 bits per heavy atom. The molecule has 4 aromatic rings. The molecule has 0 N–H and O–H groups in total. The Morgan fingerprint density at radius 2 is 1.90 bits per heavy atom. The number of benzene rings is 1. The third kappa shape index (κ3) is 4.53. The van der Waals surface area contributed by atoms with E-state index in [1.165, 1.54) is 11.8 Å². The van der Waals surface area contributed by atoms with Crippen LogP contribution in [-0.4, -0.2) is 33.1 Å². The van der Waals surface area contributed by atoms with Crippen molar-refractivity contribution in [3.05, 3.63) is 66.8 Å². The number of hydrogen-bond donors (Lipinski definition) is 0. The van der Waals surface area contributed by atoms with Crippen molar-refractivity contribution in [2.45, 2.75) is 18.0 Å². The van der Waals surface area contributed by atoms with Crippen LogP contribution < -0.4 is 0 Å². The van der Waals surface area contributed by atoms with Gasteiger partial charge in [0.2, 0.25) is 5.91 Å². The van der Waals surface area contributed by atoms with E-state index in [-0.39, 0.29) is 18.1 Å². The molecule has 0 saturated heterocycles. The van der Waals surface area contributed by atoms with Crippen LogP contribution >= 0.6 is 11.8 Å². The van der Waals surface area contributed by atoms with Crippen molar-refractivity contribution in [2.24, 2.45) is 0 Å². The van der Waals surface area contributed by atoms with Gasteiger partial charge in [0.25, 0.3) is 0 Å². The van der Waals surface area contributed by atoms with Gasteiger partial charge >= 0.3 is 0 Å². The molecule has 0 unspecified atom stereocenters. The first kappa shape index (κ1) is 19.7. The molecule has 1 amide bonds. The molecular weight excluding hydrogens is 400 g/mol. The SMILES string of the molecule is N#CCCN(Cc1ccco1)C(=O)CSc1nc(-c2ccco2)nc2ccccc12. The summed E-state index contributed by atoms with van der Waals surface area (Å²) < 4.78 is 10.8. The largest absolute Gasteiger partial charge is 0.467 e. The van der Waals surface area contributed by atoms with Crippen molar-refractivity contribution in [3.8, 4) is 17.7 Å². The summed E-state index contributed by atoms with van der Waals surface area (Å²) in [5.41, 5.74) is 0.783. The highest BCUT2D eigenvalue weighted by molar-refractivity contribution is 8.00. The molecule has 3 heterocycles. The van der Waals surface area contributed by atoms with Crippen LogP contribution in [-0.2, 0) is 11.3 Å².